The molecule has 0 aliphatic carbocycles. The minimum absolute atomic E-state index is 1.75. The highest BCUT2D eigenvalue weighted by Gasteiger charge is 1.48. The molecule has 1 heteroatoms. The van der Waals surface area contributed by atoms with Crippen LogP contribution in [0.1, 0.15) is 34.6 Å². The Morgan fingerprint density at radius 3 is 1.55 bits per heavy atom. The van der Waals surface area contributed by atoms with Crippen LogP contribution in [0.25, 0.3) is 0 Å². The van der Waals surface area contributed by atoms with E-state index >= 15 is 0 Å². The summed E-state index contributed by atoms with van der Waals surface area (Å²) in [5, 5.41) is 0. The van der Waals surface area contributed by atoms with Crippen LogP contribution >= 0.6 is 0 Å². The molecule has 0 amide bonds. The van der Waals surface area contributed by atoms with E-state index in [1.807, 2.05) is 40.7 Å². The van der Waals surface area contributed by atoms with Gasteiger partial charge >= 0.3 is 0 Å². The van der Waals surface area contributed by atoms with Crippen LogP contribution in [0.3, 0.4) is 0 Å². The molecular weight excluding hydrogens is 134 g/mol. The average molecular weight is 155 g/mol. The van der Waals surface area contributed by atoms with Gasteiger partial charge in [-0.15, -0.1) is 6.58 Å². The Morgan fingerprint density at radius 1 is 1.09 bits per heavy atom. The zero-order chi connectivity index (χ0) is 9.54. The first-order valence-electron chi connectivity index (χ1n) is 3.99. The topological polar surface area (TPSA) is 12.4 Å². The van der Waals surface area contributed by atoms with Crippen LogP contribution in [0, 0.1) is 0 Å². The normalized spacial score (nSPS) is 8.09. The lowest BCUT2D eigenvalue weighted by molar-refractivity contribution is 1.50. The van der Waals surface area contributed by atoms with E-state index in [1.165, 1.54) is 0 Å². The van der Waals surface area contributed by atoms with Gasteiger partial charge in [0.1, 0.15) is 0 Å². The first kappa shape index (κ1) is 16.6. The predicted molar refractivity (Wildman–Crippen MR) is 56.2 cm³/mol. The maximum atomic E-state index is 3.78. The zero-order valence-corrected chi connectivity index (χ0v) is 8.46. The van der Waals surface area contributed by atoms with E-state index in [2.05, 4.69) is 11.6 Å². The molecule has 0 saturated heterocycles. The Labute approximate surface area is 71.6 Å². The zero-order valence-electron chi connectivity index (χ0n) is 8.46. The fourth-order valence-electron chi connectivity index (χ4n) is 0.172. The molecule has 0 saturated carbocycles. The second kappa shape index (κ2) is 35.3. The number of allylic oxidation sites excluding steroid dienone is 2. The summed E-state index contributed by atoms with van der Waals surface area (Å²) in [7, 11) is 0. The minimum atomic E-state index is 1.75. The van der Waals surface area contributed by atoms with Crippen LogP contribution < -0.4 is 0 Å². The van der Waals surface area contributed by atoms with E-state index in [0.717, 1.165) is 0 Å². The predicted octanol–water partition coefficient (Wildman–Crippen LogP) is 3.83. The van der Waals surface area contributed by atoms with Crippen LogP contribution in [-0.4, -0.2) is 6.21 Å². The lowest BCUT2D eigenvalue weighted by Gasteiger charge is -1.64. The highest BCUT2D eigenvalue weighted by Crippen LogP contribution is 1.67. The van der Waals surface area contributed by atoms with E-state index in [4.69, 9.17) is 0 Å². The Bertz CT molecular complexity index is 81.0. The second-order valence-corrected chi connectivity index (χ2v) is 1.30. The van der Waals surface area contributed by atoms with Gasteiger partial charge in [-0.3, -0.25) is 4.99 Å². The van der Waals surface area contributed by atoms with Crippen molar-refractivity contribution in [1.82, 2.24) is 0 Å². The summed E-state index contributed by atoms with van der Waals surface area (Å²) in [5.41, 5.74) is 0. The fourth-order valence-corrected chi connectivity index (χ4v) is 0.172. The van der Waals surface area contributed by atoms with Crippen LogP contribution in [-0.2, 0) is 0 Å². The quantitative estimate of drug-likeness (QED) is 0.403. The summed E-state index contributed by atoms with van der Waals surface area (Å²) in [4.78, 5) is 3.78. The molecule has 0 rings (SSSR count). The highest BCUT2D eigenvalue weighted by molar-refractivity contribution is 5.54. The molecule has 0 heterocycles. The van der Waals surface area contributed by atoms with Crippen LogP contribution in [0.4, 0.5) is 0 Å². The fraction of sp³-hybridized carbons (Fsp3) is 0.500. The van der Waals surface area contributed by atoms with Gasteiger partial charge in [-0.1, -0.05) is 26.0 Å². The first-order valence-corrected chi connectivity index (χ1v) is 3.99. The molecule has 0 bridgehead atoms. The Kier molecular flexibility index (Phi) is 53.3. The van der Waals surface area contributed by atoms with Crippen molar-refractivity contribution < 1.29 is 0 Å². The number of hydrogen-bond donors (Lipinski definition) is 0. The number of nitrogens with zero attached hydrogens (tertiary/aromatic N) is 1. The van der Waals surface area contributed by atoms with Gasteiger partial charge in [0.15, 0.2) is 0 Å². The van der Waals surface area contributed by atoms with Crippen molar-refractivity contribution in [2.45, 2.75) is 34.6 Å². The smallest absolute Gasteiger partial charge is 0.0221 e. The summed E-state index contributed by atoms with van der Waals surface area (Å²) in [6.07, 6.45) is 7.14. The Balaban J connectivity index is -0.000000109. The van der Waals surface area contributed by atoms with Crippen molar-refractivity contribution in [1.29, 1.82) is 0 Å². The maximum Gasteiger partial charge on any atom is 0.0221 e. The Morgan fingerprint density at radius 2 is 1.45 bits per heavy atom. The second-order valence-electron chi connectivity index (χ2n) is 1.30. The van der Waals surface area contributed by atoms with Crippen molar-refractivity contribution in [3.8, 4) is 0 Å². The van der Waals surface area contributed by atoms with Gasteiger partial charge < -0.3 is 0 Å². The van der Waals surface area contributed by atoms with Gasteiger partial charge in [0, 0.05) is 12.4 Å². The summed E-state index contributed by atoms with van der Waals surface area (Å²) in [6, 6.07) is 0. The lowest BCUT2D eigenvalue weighted by Crippen LogP contribution is -1.49. The highest BCUT2D eigenvalue weighted by atomic mass is 14.6. The average Bonchev–Trinajstić information content (AvgIpc) is 2.06. The summed E-state index contributed by atoms with van der Waals surface area (Å²) < 4.78 is 0. The van der Waals surface area contributed by atoms with Crippen molar-refractivity contribution in [3.05, 3.63) is 24.9 Å². The number of hydrogen-bond acceptors (Lipinski definition) is 1. The van der Waals surface area contributed by atoms with Crippen molar-refractivity contribution in [2.75, 3.05) is 0 Å². The Hall–Kier alpha value is -0.850. The maximum absolute atomic E-state index is 3.78. The summed E-state index contributed by atoms with van der Waals surface area (Å²) in [5.74, 6) is 0. The molecule has 11 heavy (non-hydrogen) atoms. The van der Waals surface area contributed by atoms with Gasteiger partial charge in [-0.25, -0.2) is 0 Å². The van der Waals surface area contributed by atoms with E-state index < -0.39 is 0 Å². The molecule has 0 N–H and O–H groups in total. The molecule has 0 atom stereocenters. The molecule has 66 valence electrons. The number of aliphatic imine (C=N–C) groups is 1. The van der Waals surface area contributed by atoms with E-state index in [0.29, 0.717) is 0 Å². The van der Waals surface area contributed by atoms with Gasteiger partial charge in [0.05, 0.1) is 0 Å². The van der Waals surface area contributed by atoms with Gasteiger partial charge in [0.25, 0.3) is 0 Å². The van der Waals surface area contributed by atoms with E-state index in [9.17, 15) is 0 Å². The molecule has 0 radical (unpaired) electrons. The van der Waals surface area contributed by atoms with Crippen LogP contribution in [0.15, 0.2) is 29.9 Å². The van der Waals surface area contributed by atoms with E-state index in [1.54, 1.807) is 18.5 Å². The van der Waals surface area contributed by atoms with E-state index in [-0.39, 0.29) is 0 Å². The summed E-state index contributed by atoms with van der Waals surface area (Å²) in [6.45, 7) is 13.1. The van der Waals surface area contributed by atoms with Gasteiger partial charge in [-0.05, 0) is 20.8 Å². The third-order valence-corrected chi connectivity index (χ3v) is 0.384. The van der Waals surface area contributed by atoms with Crippen LogP contribution in [0.5, 0.6) is 0 Å². The standard InChI is InChI=1S/C5H9N.C3H6.C2H6/c1-3-5-6-4-2;1-3-2;1-2/h3-5H,1-2H3;3H,1H2,2H3;1-2H3/b5-3-,6-4?;;. The molecule has 0 aromatic rings. The van der Waals surface area contributed by atoms with Crippen LogP contribution in [0.2, 0.25) is 0 Å². The van der Waals surface area contributed by atoms with Gasteiger partial charge in [0.2, 0.25) is 0 Å². The van der Waals surface area contributed by atoms with Crippen molar-refractivity contribution in [2.24, 2.45) is 4.99 Å². The van der Waals surface area contributed by atoms with Crippen molar-refractivity contribution in [3.63, 3.8) is 0 Å². The molecule has 0 unspecified atom stereocenters. The SMILES string of the molecule is C=CC.CC.CC=N/C=C\C. The molecule has 0 aromatic heterocycles. The molecule has 0 fully saturated rings. The molecule has 0 aromatic carbocycles. The van der Waals surface area contributed by atoms with Crippen molar-refractivity contribution >= 4 is 6.21 Å². The van der Waals surface area contributed by atoms with Gasteiger partial charge in [-0.2, -0.15) is 0 Å². The molecule has 0 aliphatic rings. The first-order chi connectivity index (χ1) is 5.33. The largest absolute Gasteiger partial charge is 0.270 e. The molecule has 0 spiro atoms. The third-order valence-electron chi connectivity index (χ3n) is 0.384. The third kappa shape index (κ3) is 101. The lowest BCUT2D eigenvalue weighted by atomic mass is 10.7. The molecule has 1 nitrogen and oxygen atoms in total. The summed E-state index contributed by atoms with van der Waals surface area (Å²) >= 11 is 0. The minimum Gasteiger partial charge on any atom is -0.270 e. The monoisotopic (exact) mass is 155 g/mol. The molecular formula is C10H21N. The number of rotatable bonds is 1. The molecule has 0 aliphatic heterocycles.